The molecule has 0 bridgehead atoms. The van der Waals surface area contributed by atoms with E-state index in [9.17, 15) is 5.11 Å². The Labute approximate surface area is 137 Å². The number of guanidine groups is 1. The lowest BCUT2D eigenvalue weighted by Crippen LogP contribution is -2.41. The van der Waals surface area contributed by atoms with Gasteiger partial charge in [0.15, 0.2) is 5.96 Å². The molecule has 23 heavy (non-hydrogen) atoms. The van der Waals surface area contributed by atoms with Crippen LogP contribution in [-0.4, -0.2) is 42.7 Å². The molecule has 2 aromatic rings. The molecule has 0 aliphatic heterocycles. The summed E-state index contributed by atoms with van der Waals surface area (Å²) in [6, 6.07) is 10.1. The highest BCUT2D eigenvalue weighted by molar-refractivity contribution is 5.80. The Morgan fingerprint density at radius 1 is 1.39 bits per heavy atom. The molecule has 5 heteroatoms. The van der Waals surface area contributed by atoms with Crippen LogP contribution >= 0.6 is 0 Å². The molecule has 1 aliphatic rings. The fraction of sp³-hybridized carbons (Fsp3) is 0.500. The number of benzene rings is 1. The SMILES string of the molecule is CN=C(NCC1CCCC1O)N(C)Cc1cc2ccccc2o1. The fourth-order valence-electron chi connectivity index (χ4n) is 3.29. The third-order valence-electron chi connectivity index (χ3n) is 4.58. The average Bonchev–Trinajstić information content (AvgIpc) is 3.13. The summed E-state index contributed by atoms with van der Waals surface area (Å²) in [6.45, 7) is 1.42. The first kappa shape index (κ1) is 15.9. The van der Waals surface area contributed by atoms with Crippen LogP contribution in [0.15, 0.2) is 39.7 Å². The maximum Gasteiger partial charge on any atom is 0.193 e. The normalized spacial score (nSPS) is 21.8. The minimum absolute atomic E-state index is 0.179. The number of fused-ring (bicyclic) bond motifs is 1. The first-order valence-corrected chi connectivity index (χ1v) is 8.24. The van der Waals surface area contributed by atoms with Gasteiger partial charge < -0.3 is 19.7 Å². The molecule has 0 amide bonds. The van der Waals surface area contributed by atoms with E-state index in [2.05, 4.69) is 22.4 Å². The average molecular weight is 315 g/mol. The Morgan fingerprint density at radius 3 is 2.91 bits per heavy atom. The van der Waals surface area contributed by atoms with Crippen molar-refractivity contribution in [2.75, 3.05) is 20.6 Å². The molecular weight excluding hydrogens is 290 g/mol. The standard InChI is InChI=1S/C18H25N3O2/c1-19-18(20-11-14-7-5-8-16(14)22)21(2)12-15-10-13-6-3-4-9-17(13)23-15/h3-4,6,9-10,14,16,22H,5,7-8,11-12H2,1-2H3,(H,19,20). The number of furan rings is 1. The van der Waals surface area contributed by atoms with Gasteiger partial charge >= 0.3 is 0 Å². The second-order valence-corrected chi connectivity index (χ2v) is 6.29. The van der Waals surface area contributed by atoms with Crippen molar-refractivity contribution in [3.05, 3.63) is 36.1 Å². The summed E-state index contributed by atoms with van der Waals surface area (Å²) in [6.07, 6.45) is 2.93. The molecule has 1 aromatic carbocycles. The summed E-state index contributed by atoms with van der Waals surface area (Å²) in [5.41, 5.74) is 0.910. The molecule has 1 fully saturated rings. The topological polar surface area (TPSA) is 61.0 Å². The number of nitrogens with zero attached hydrogens (tertiary/aromatic N) is 2. The Morgan fingerprint density at radius 2 is 2.22 bits per heavy atom. The number of aliphatic hydroxyl groups is 1. The molecule has 0 radical (unpaired) electrons. The van der Waals surface area contributed by atoms with Crippen LogP contribution in [-0.2, 0) is 6.54 Å². The van der Waals surface area contributed by atoms with E-state index in [1.54, 1.807) is 7.05 Å². The second-order valence-electron chi connectivity index (χ2n) is 6.29. The van der Waals surface area contributed by atoms with E-state index in [-0.39, 0.29) is 6.10 Å². The maximum absolute atomic E-state index is 9.92. The van der Waals surface area contributed by atoms with Crippen molar-refractivity contribution in [1.29, 1.82) is 0 Å². The highest BCUT2D eigenvalue weighted by atomic mass is 16.3. The van der Waals surface area contributed by atoms with Crippen LogP contribution in [0.2, 0.25) is 0 Å². The van der Waals surface area contributed by atoms with Gasteiger partial charge in [0.05, 0.1) is 12.6 Å². The van der Waals surface area contributed by atoms with Gasteiger partial charge in [-0.1, -0.05) is 24.6 Å². The van der Waals surface area contributed by atoms with E-state index in [0.717, 1.165) is 48.5 Å². The van der Waals surface area contributed by atoms with Crippen molar-refractivity contribution >= 4 is 16.9 Å². The molecule has 1 heterocycles. The van der Waals surface area contributed by atoms with Gasteiger partial charge in [0.25, 0.3) is 0 Å². The number of aliphatic hydroxyl groups excluding tert-OH is 1. The van der Waals surface area contributed by atoms with Gasteiger partial charge in [0, 0.05) is 31.9 Å². The van der Waals surface area contributed by atoms with Crippen LogP contribution in [0.25, 0.3) is 11.0 Å². The third-order valence-corrected chi connectivity index (χ3v) is 4.58. The minimum Gasteiger partial charge on any atom is -0.459 e. The lowest BCUT2D eigenvalue weighted by atomic mass is 10.1. The van der Waals surface area contributed by atoms with Crippen LogP contribution in [0.1, 0.15) is 25.0 Å². The highest BCUT2D eigenvalue weighted by Gasteiger charge is 2.25. The predicted molar refractivity (Wildman–Crippen MR) is 92.4 cm³/mol. The molecule has 0 spiro atoms. The summed E-state index contributed by atoms with van der Waals surface area (Å²) in [5.74, 6) is 2.06. The Bertz CT molecular complexity index is 647. The number of hydrogen-bond donors (Lipinski definition) is 2. The van der Waals surface area contributed by atoms with Crippen LogP contribution in [0, 0.1) is 5.92 Å². The zero-order valence-corrected chi connectivity index (χ0v) is 13.8. The van der Waals surface area contributed by atoms with Crippen LogP contribution in [0.3, 0.4) is 0 Å². The number of aliphatic imine (C=N–C) groups is 1. The lowest BCUT2D eigenvalue weighted by Gasteiger charge is -2.23. The van der Waals surface area contributed by atoms with Crippen molar-refractivity contribution in [1.82, 2.24) is 10.2 Å². The molecule has 2 atom stereocenters. The first-order chi connectivity index (χ1) is 11.2. The summed E-state index contributed by atoms with van der Waals surface area (Å²) in [5, 5.41) is 14.4. The largest absolute Gasteiger partial charge is 0.459 e. The van der Waals surface area contributed by atoms with Crippen LogP contribution < -0.4 is 5.32 Å². The van der Waals surface area contributed by atoms with Gasteiger partial charge in [-0.3, -0.25) is 4.99 Å². The van der Waals surface area contributed by atoms with Crippen molar-refractivity contribution in [3.63, 3.8) is 0 Å². The molecule has 2 unspecified atom stereocenters. The molecule has 2 N–H and O–H groups in total. The van der Waals surface area contributed by atoms with Gasteiger partial charge in [-0.05, 0) is 25.0 Å². The molecule has 124 valence electrons. The summed E-state index contributed by atoms with van der Waals surface area (Å²) in [7, 11) is 3.77. The molecule has 3 rings (SSSR count). The quantitative estimate of drug-likeness (QED) is 0.672. The van der Waals surface area contributed by atoms with E-state index in [1.165, 1.54) is 0 Å². The summed E-state index contributed by atoms with van der Waals surface area (Å²) in [4.78, 5) is 6.37. The maximum atomic E-state index is 9.92. The third kappa shape index (κ3) is 3.67. The number of para-hydroxylation sites is 1. The van der Waals surface area contributed by atoms with Gasteiger partial charge in [-0.2, -0.15) is 0 Å². The van der Waals surface area contributed by atoms with Gasteiger partial charge in [0.1, 0.15) is 11.3 Å². The number of nitrogens with one attached hydrogen (secondary N) is 1. The Hall–Kier alpha value is -2.01. The van der Waals surface area contributed by atoms with Crippen LogP contribution in [0.5, 0.6) is 0 Å². The Balaban J connectivity index is 1.59. The predicted octanol–water partition coefficient (Wildman–Crippen LogP) is 2.60. The van der Waals surface area contributed by atoms with E-state index in [0.29, 0.717) is 12.5 Å². The molecule has 0 saturated heterocycles. The van der Waals surface area contributed by atoms with Crippen LogP contribution in [0.4, 0.5) is 0 Å². The zero-order valence-electron chi connectivity index (χ0n) is 13.8. The molecule has 1 aromatic heterocycles. The van der Waals surface area contributed by atoms with Crippen molar-refractivity contribution in [2.24, 2.45) is 10.9 Å². The summed E-state index contributed by atoms with van der Waals surface area (Å²) >= 11 is 0. The smallest absolute Gasteiger partial charge is 0.193 e. The van der Waals surface area contributed by atoms with Crippen molar-refractivity contribution < 1.29 is 9.52 Å². The lowest BCUT2D eigenvalue weighted by molar-refractivity contribution is 0.134. The van der Waals surface area contributed by atoms with Gasteiger partial charge in [-0.15, -0.1) is 0 Å². The van der Waals surface area contributed by atoms with E-state index < -0.39 is 0 Å². The molecule has 1 aliphatic carbocycles. The van der Waals surface area contributed by atoms with Crippen molar-refractivity contribution in [2.45, 2.75) is 31.9 Å². The van der Waals surface area contributed by atoms with Crippen molar-refractivity contribution in [3.8, 4) is 0 Å². The van der Waals surface area contributed by atoms with Gasteiger partial charge in [-0.25, -0.2) is 0 Å². The highest BCUT2D eigenvalue weighted by Crippen LogP contribution is 2.24. The molecular formula is C18H25N3O2. The minimum atomic E-state index is -0.179. The number of rotatable bonds is 4. The fourth-order valence-corrected chi connectivity index (χ4v) is 3.29. The van der Waals surface area contributed by atoms with E-state index >= 15 is 0 Å². The van der Waals surface area contributed by atoms with E-state index in [1.807, 2.05) is 30.1 Å². The first-order valence-electron chi connectivity index (χ1n) is 8.24. The Kier molecular flexibility index (Phi) is 4.86. The monoisotopic (exact) mass is 315 g/mol. The second kappa shape index (κ2) is 7.04. The molecule has 1 saturated carbocycles. The van der Waals surface area contributed by atoms with Gasteiger partial charge in [0.2, 0.25) is 0 Å². The zero-order chi connectivity index (χ0) is 16.2. The van der Waals surface area contributed by atoms with E-state index in [4.69, 9.17) is 4.42 Å². The summed E-state index contributed by atoms with van der Waals surface area (Å²) < 4.78 is 5.86. The molecule has 5 nitrogen and oxygen atoms in total. The number of hydrogen-bond acceptors (Lipinski definition) is 3.